The van der Waals surface area contributed by atoms with Gasteiger partial charge >= 0.3 is 0 Å². The fourth-order valence-corrected chi connectivity index (χ4v) is 0.340. The van der Waals surface area contributed by atoms with Crippen molar-refractivity contribution in [2.45, 2.75) is 6.42 Å². The van der Waals surface area contributed by atoms with Crippen LogP contribution in [0.5, 0.6) is 0 Å². The van der Waals surface area contributed by atoms with Crippen LogP contribution in [0.2, 0.25) is 0 Å². The zero-order valence-electron chi connectivity index (χ0n) is 5.70. The molecule has 0 spiro atoms. The summed E-state index contributed by atoms with van der Waals surface area (Å²) in [5.74, 6) is 0. The molecule has 0 aromatic heterocycles. The molecule has 0 aromatic rings. The molecule has 1 rings (SSSR count). The minimum absolute atomic E-state index is 0. The first-order valence-electron chi connectivity index (χ1n) is 2.16. The second-order valence-electron chi connectivity index (χ2n) is 1.00. The normalized spacial score (nSPS) is 9.40. The zero-order chi connectivity index (χ0) is 5.54. The fraction of sp³-hybridized carbons (Fsp3) is 0.333. The van der Waals surface area contributed by atoms with E-state index in [-0.39, 0.29) is 50.7 Å². The number of aliphatic hydroxyl groups excluding tert-OH is 1. The van der Waals surface area contributed by atoms with Crippen molar-refractivity contribution in [3.05, 3.63) is 24.3 Å². The average Bonchev–Trinajstić information content (AvgIpc) is 2.23. The van der Waals surface area contributed by atoms with Crippen molar-refractivity contribution in [1.82, 2.24) is 0 Å². The third kappa shape index (κ3) is 16.0. The van der Waals surface area contributed by atoms with Crippen molar-refractivity contribution in [2.75, 3.05) is 7.11 Å². The topological polar surface area (TPSA) is 20.2 Å². The van der Waals surface area contributed by atoms with Gasteiger partial charge < -0.3 is 5.11 Å². The molecule has 0 saturated carbocycles. The molecule has 0 atom stereocenters. The Bertz CT molecular complexity index is 73.8. The van der Waals surface area contributed by atoms with Gasteiger partial charge in [0.2, 0.25) is 0 Å². The largest absolute Gasteiger partial charge is 0.400 e. The summed E-state index contributed by atoms with van der Waals surface area (Å²) < 4.78 is 0. The molecule has 0 bridgehead atoms. The van der Waals surface area contributed by atoms with Gasteiger partial charge in [-0.1, -0.05) is 0 Å². The molecule has 0 aromatic carbocycles. The fourth-order valence-electron chi connectivity index (χ4n) is 0.340. The maximum Gasteiger partial charge on any atom is 0.0319 e. The Hall–Kier alpha value is 0.890. The van der Waals surface area contributed by atoms with Gasteiger partial charge in [-0.25, -0.2) is 12.2 Å². The van der Waals surface area contributed by atoms with E-state index < -0.39 is 0 Å². The van der Waals surface area contributed by atoms with Crippen LogP contribution in [0, 0.1) is 6.08 Å². The van der Waals surface area contributed by atoms with Crippen molar-refractivity contribution < 1.29 is 30.9 Å². The molecule has 0 amide bonds. The minimum atomic E-state index is 0. The van der Waals surface area contributed by atoms with E-state index in [0.29, 0.717) is 0 Å². The molecule has 1 N–H and O–H groups in total. The molecule has 0 heterocycles. The van der Waals surface area contributed by atoms with Gasteiger partial charge in [0.25, 0.3) is 0 Å². The smallest absolute Gasteiger partial charge is 0.0319 e. The van der Waals surface area contributed by atoms with Gasteiger partial charge in [-0.15, -0.1) is 31.2 Å². The quantitative estimate of drug-likeness (QED) is 0.522. The van der Waals surface area contributed by atoms with Crippen LogP contribution in [0.25, 0.3) is 0 Å². The van der Waals surface area contributed by atoms with Crippen molar-refractivity contribution in [3.8, 4) is 0 Å². The van der Waals surface area contributed by atoms with E-state index in [2.05, 4.69) is 12.2 Å². The Morgan fingerprint density at radius 3 is 1.90 bits per heavy atom. The van der Waals surface area contributed by atoms with Gasteiger partial charge in [0.05, 0.1) is 0 Å². The number of allylic oxidation sites excluding steroid dienone is 4. The molecule has 1 aliphatic rings. The van der Waals surface area contributed by atoms with Gasteiger partial charge in [-0.2, -0.15) is 6.08 Å². The first-order chi connectivity index (χ1) is 3.50. The van der Waals surface area contributed by atoms with Crippen LogP contribution in [0.15, 0.2) is 18.2 Å². The maximum atomic E-state index is 7.00. The molecular formula is C6H11Cl2HfO-. The molecule has 0 unspecified atom stereocenters. The predicted octanol–water partition coefficient (Wildman–Crippen LogP) is 1.76. The van der Waals surface area contributed by atoms with E-state index >= 15 is 0 Å². The molecule has 0 radical (unpaired) electrons. The first-order valence-corrected chi connectivity index (χ1v) is 2.16. The number of rotatable bonds is 0. The van der Waals surface area contributed by atoms with Crippen LogP contribution in [-0.4, -0.2) is 12.2 Å². The minimum Gasteiger partial charge on any atom is -0.400 e. The molecular weight excluding hydrogens is 337 g/mol. The summed E-state index contributed by atoms with van der Waals surface area (Å²) in [7, 11) is 1.00. The third-order valence-electron chi connectivity index (χ3n) is 0.586. The summed E-state index contributed by atoms with van der Waals surface area (Å²) in [6, 6.07) is 0. The molecule has 60 valence electrons. The Labute approximate surface area is 93.2 Å². The molecule has 0 aliphatic heterocycles. The number of hydrogen-bond donors (Lipinski definition) is 1. The van der Waals surface area contributed by atoms with Crippen molar-refractivity contribution in [3.63, 3.8) is 0 Å². The maximum absolute atomic E-state index is 7.00. The SMILES string of the molecule is CO.Cl.Cl.[C-]1=CC=CC1.[Hf]. The van der Waals surface area contributed by atoms with Crippen LogP contribution in [0.4, 0.5) is 0 Å². The Kier molecular flexibility index (Phi) is 50.6. The van der Waals surface area contributed by atoms with Crippen LogP contribution in [0.1, 0.15) is 6.42 Å². The summed E-state index contributed by atoms with van der Waals surface area (Å²) in [5.41, 5.74) is 0. The predicted molar refractivity (Wildman–Crippen MR) is 44.2 cm³/mol. The van der Waals surface area contributed by atoms with Crippen molar-refractivity contribution in [2.24, 2.45) is 0 Å². The summed E-state index contributed by atoms with van der Waals surface area (Å²) in [6.07, 6.45) is 10.0. The second kappa shape index (κ2) is 22.5. The summed E-state index contributed by atoms with van der Waals surface area (Å²) in [6.45, 7) is 0. The molecule has 1 nitrogen and oxygen atoms in total. The van der Waals surface area contributed by atoms with Crippen molar-refractivity contribution in [1.29, 1.82) is 0 Å². The van der Waals surface area contributed by atoms with Gasteiger partial charge in [0, 0.05) is 33.0 Å². The zero-order valence-corrected chi connectivity index (χ0v) is 10.9. The summed E-state index contributed by atoms with van der Waals surface area (Å²) in [4.78, 5) is 0. The third-order valence-corrected chi connectivity index (χ3v) is 0.586. The van der Waals surface area contributed by atoms with Gasteiger partial charge in [0.1, 0.15) is 0 Å². The van der Waals surface area contributed by atoms with E-state index in [9.17, 15) is 0 Å². The van der Waals surface area contributed by atoms with Gasteiger partial charge in [0.15, 0.2) is 0 Å². The number of aliphatic hydroxyl groups is 1. The molecule has 4 heteroatoms. The van der Waals surface area contributed by atoms with E-state index in [0.717, 1.165) is 13.5 Å². The Morgan fingerprint density at radius 2 is 1.80 bits per heavy atom. The number of halogens is 2. The van der Waals surface area contributed by atoms with Gasteiger partial charge in [-0.3, -0.25) is 6.08 Å². The monoisotopic (exact) mass is 349 g/mol. The summed E-state index contributed by atoms with van der Waals surface area (Å²) >= 11 is 0. The molecule has 0 saturated heterocycles. The standard InChI is InChI=1S/C5H5.CH4O.2ClH.Hf/c1-2-4-5-3-1;1-2;;;/h1-3H,4H2;2H,1H3;2*1H;/q-1;;;;. The van der Waals surface area contributed by atoms with E-state index in [4.69, 9.17) is 5.11 Å². The molecule has 10 heavy (non-hydrogen) atoms. The molecule has 0 fully saturated rings. The first kappa shape index (κ1) is 22.4. The van der Waals surface area contributed by atoms with Crippen LogP contribution < -0.4 is 0 Å². The van der Waals surface area contributed by atoms with Crippen molar-refractivity contribution >= 4 is 24.8 Å². The summed E-state index contributed by atoms with van der Waals surface area (Å²) in [5, 5.41) is 7.00. The second-order valence-corrected chi connectivity index (χ2v) is 1.00. The Balaban J connectivity index is -0.0000000337. The average molecular weight is 349 g/mol. The van der Waals surface area contributed by atoms with Crippen LogP contribution >= 0.6 is 24.8 Å². The van der Waals surface area contributed by atoms with E-state index in [1.165, 1.54) is 0 Å². The van der Waals surface area contributed by atoms with E-state index in [1.54, 1.807) is 0 Å². The van der Waals surface area contributed by atoms with E-state index in [1.807, 2.05) is 12.2 Å². The van der Waals surface area contributed by atoms with Crippen LogP contribution in [-0.2, 0) is 25.8 Å². The molecule has 1 aliphatic carbocycles. The van der Waals surface area contributed by atoms with Gasteiger partial charge in [-0.05, 0) is 0 Å². The Morgan fingerprint density at radius 1 is 1.30 bits per heavy atom. The van der Waals surface area contributed by atoms with Crippen LogP contribution in [0.3, 0.4) is 0 Å². The number of hydrogen-bond acceptors (Lipinski definition) is 1.